The van der Waals surface area contributed by atoms with E-state index in [1.807, 2.05) is 60.7 Å². The number of nitrogens with zero attached hydrogens (tertiary/aromatic N) is 3. The quantitative estimate of drug-likeness (QED) is 0.0940. The normalized spacial score (nSPS) is 19.4. The molecule has 2 unspecified atom stereocenters. The summed E-state index contributed by atoms with van der Waals surface area (Å²) in [5.74, 6) is -3.16. The molecule has 1 aromatic heterocycles. The summed E-state index contributed by atoms with van der Waals surface area (Å²) in [5, 5.41) is 17.8. The van der Waals surface area contributed by atoms with Crippen LogP contribution in [-0.4, -0.2) is 93.4 Å². The van der Waals surface area contributed by atoms with Crippen LogP contribution in [0.4, 0.5) is 5.69 Å². The molecule has 2 aromatic rings. The summed E-state index contributed by atoms with van der Waals surface area (Å²) in [5.41, 5.74) is 6.78. The Morgan fingerprint density at radius 2 is 1.71 bits per heavy atom. The number of rotatable bonds is 20. The number of nitrogens with two attached hydrogens (primary N) is 1. The van der Waals surface area contributed by atoms with E-state index >= 15 is 0 Å². The molecule has 0 bridgehead atoms. The fourth-order valence-electron chi connectivity index (χ4n) is 7.59. The highest BCUT2D eigenvalue weighted by molar-refractivity contribution is 7.09. The lowest BCUT2D eigenvalue weighted by Gasteiger charge is -2.45. The maximum Gasteiger partial charge on any atom is 0.306 e. The number of nitrogen functional groups attached to an aromatic ring is 1. The van der Waals surface area contributed by atoms with Crippen molar-refractivity contribution in [2.45, 2.75) is 137 Å². The lowest BCUT2D eigenvalue weighted by atomic mass is 9.83. The Balaban J connectivity index is 1.88. The monoisotopic (exact) mass is 784 g/mol. The molecular weight excluding hydrogens is 721 g/mol. The zero-order chi connectivity index (χ0) is 41.0. The van der Waals surface area contributed by atoms with E-state index in [2.05, 4.69) is 20.5 Å². The molecule has 1 fully saturated rings. The first kappa shape index (κ1) is 45.4. The van der Waals surface area contributed by atoms with E-state index in [0.717, 1.165) is 31.4 Å². The average molecular weight is 785 g/mol. The lowest BCUT2D eigenvalue weighted by Crippen LogP contribution is -2.64. The molecule has 0 spiro atoms. The summed E-state index contributed by atoms with van der Waals surface area (Å²) in [4.78, 5) is 74.9. The van der Waals surface area contributed by atoms with Crippen molar-refractivity contribution < 1.29 is 33.8 Å². The van der Waals surface area contributed by atoms with Gasteiger partial charge in [-0.1, -0.05) is 60.1 Å². The number of nitrogens with one attached hydrogen (secondary N) is 2. The van der Waals surface area contributed by atoms with Gasteiger partial charge in [0.25, 0.3) is 5.91 Å². The number of carbonyl (C=O) groups is 5. The van der Waals surface area contributed by atoms with Gasteiger partial charge in [0.1, 0.15) is 16.7 Å². The Bertz CT molecular complexity index is 1600. The molecule has 0 radical (unpaired) electrons. The molecule has 0 saturated carbocycles. The zero-order valence-electron chi connectivity index (χ0n) is 34.2. The van der Waals surface area contributed by atoms with Crippen LogP contribution in [0.5, 0.6) is 0 Å². The number of carboxylic acids is 1. The van der Waals surface area contributed by atoms with E-state index in [1.54, 1.807) is 29.3 Å². The number of aliphatic carboxylic acids is 1. The van der Waals surface area contributed by atoms with Crippen LogP contribution in [0, 0.1) is 17.8 Å². The maximum absolute atomic E-state index is 14.6. The van der Waals surface area contributed by atoms with E-state index in [9.17, 15) is 29.1 Å². The molecule has 1 aromatic carbocycles. The summed E-state index contributed by atoms with van der Waals surface area (Å²) in [6.45, 7) is 16.0. The Hall–Kier alpha value is -4.04. The van der Waals surface area contributed by atoms with Gasteiger partial charge in [0.05, 0.1) is 11.5 Å². The first-order valence-corrected chi connectivity index (χ1v) is 20.7. The number of carbonyl (C=O) groups excluding carboxylic acids is 4. The van der Waals surface area contributed by atoms with Crippen molar-refractivity contribution in [3.05, 3.63) is 45.9 Å². The molecule has 1 aliphatic heterocycles. The highest BCUT2D eigenvalue weighted by Gasteiger charge is 2.45. The number of amides is 3. The third-order valence-electron chi connectivity index (χ3n) is 11.3. The van der Waals surface area contributed by atoms with E-state index < -0.39 is 53.5 Å². The second kappa shape index (κ2) is 20.8. The number of esters is 1. The number of piperidine rings is 1. The van der Waals surface area contributed by atoms with Crippen molar-refractivity contribution in [3.8, 4) is 0 Å². The Labute approximate surface area is 331 Å². The van der Waals surface area contributed by atoms with E-state index in [1.165, 1.54) is 18.3 Å². The van der Waals surface area contributed by atoms with Gasteiger partial charge in [-0.25, -0.2) is 4.98 Å². The van der Waals surface area contributed by atoms with Gasteiger partial charge in [-0.15, -0.1) is 11.3 Å². The molecule has 3 rings (SSSR count). The van der Waals surface area contributed by atoms with E-state index in [-0.39, 0.29) is 42.2 Å². The van der Waals surface area contributed by atoms with Crippen LogP contribution >= 0.6 is 11.3 Å². The molecule has 2 heterocycles. The number of anilines is 1. The van der Waals surface area contributed by atoms with Crippen LogP contribution in [0.3, 0.4) is 0 Å². The molecule has 1 saturated heterocycles. The fraction of sp³-hybridized carbons (Fsp3) is 0.659. The van der Waals surface area contributed by atoms with Crippen LogP contribution in [0.2, 0.25) is 0 Å². The SMILES string of the molecule is CC[C@H](C)[C@H](NC(=O)C1(CC)CCCCN1C)C(=O)N(CC)C(C[C@@H](OC(C)=O)c1nc(C(=O)N[C@@H](Cc2ccc(N)cc2)C[C@H](C)C(=O)O)cs1)C(C)C. The number of carboxylic acid groups (broad SMARTS) is 1. The third-order valence-corrected chi connectivity index (χ3v) is 12.2. The van der Waals surface area contributed by atoms with Gasteiger partial charge in [0, 0.05) is 43.0 Å². The predicted molar refractivity (Wildman–Crippen MR) is 215 cm³/mol. The van der Waals surface area contributed by atoms with Gasteiger partial charge in [-0.05, 0) is 88.6 Å². The van der Waals surface area contributed by atoms with Gasteiger partial charge in [-0.3, -0.25) is 28.9 Å². The minimum atomic E-state index is -0.962. The summed E-state index contributed by atoms with van der Waals surface area (Å²) in [7, 11) is 1.98. The number of hydrogen-bond acceptors (Lipinski definition) is 10. The number of likely N-dealkylation sites (tertiary alicyclic amines) is 1. The number of ether oxygens (including phenoxy) is 1. The summed E-state index contributed by atoms with van der Waals surface area (Å²) >= 11 is 1.18. The van der Waals surface area contributed by atoms with Gasteiger partial charge in [-0.2, -0.15) is 0 Å². The van der Waals surface area contributed by atoms with Crippen molar-refractivity contribution in [1.29, 1.82) is 0 Å². The zero-order valence-corrected chi connectivity index (χ0v) is 35.0. The highest BCUT2D eigenvalue weighted by Crippen LogP contribution is 2.33. The molecule has 5 N–H and O–H groups in total. The molecule has 13 nitrogen and oxygen atoms in total. The van der Waals surface area contributed by atoms with Gasteiger partial charge >= 0.3 is 11.9 Å². The number of thiazole rings is 1. The first-order valence-electron chi connectivity index (χ1n) is 19.8. The first-order chi connectivity index (χ1) is 26.0. The van der Waals surface area contributed by atoms with Crippen LogP contribution in [0.15, 0.2) is 29.6 Å². The molecule has 306 valence electrons. The average Bonchev–Trinajstić information content (AvgIpc) is 3.64. The van der Waals surface area contributed by atoms with E-state index in [0.29, 0.717) is 36.5 Å². The molecular formula is C41H64N6O7S. The van der Waals surface area contributed by atoms with Gasteiger partial charge in [0.15, 0.2) is 6.10 Å². The Morgan fingerprint density at radius 3 is 2.25 bits per heavy atom. The minimum Gasteiger partial charge on any atom is -0.481 e. The summed E-state index contributed by atoms with van der Waals surface area (Å²) in [6.07, 6.45) is 4.02. The van der Waals surface area contributed by atoms with Crippen molar-refractivity contribution in [3.63, 3.8) is 0 Å². The second-order valence-corrected chi connectivity index (χ2v) is 16.4. The summed E-state index contributed by atoms with van der Waals surface area (Å²) < 4.78 is 5.83. The largest absolute Gasteiger partial charge is 0.481 e. The molecule has 0 aliphatic carbocycles. The van der Waals surface area contributed by atoms with Gasteiger partial charge in [0.2, 0.25) is 11.8 Å². The molecule has 14 heteroatoms. The van der Waals surface area contributed by atoms with Crippen molar-refractivity contribution in [2.24, 2.45) is 17.8 Å². The minimum absolute atomic E-state index is 0.0604. The molecule has 7 atom stereocenters. The molecule has 3 amide bonds. The fourth-order valence-corrected chi connectivity index (χ4v) is 8.43. The Kier molecular flexibility index (Phi) is 17.1. The van der Waals surface area contributed by atoms with Crippen LogP contribution in [0.25, 0.3) is 0 Å². The van der Waals surface area contributed by atoms with Crippen molar-refractivity contribution >= 4 is 46.7 Å². The Morgan fingerprint density at radius 1 is 1.04 bits per heavy atom. The van der Waals surface area contributed by atoms with Crippen LogP contribution in [0.1, 0.15) is 127 Å². The maximum atomic E-state index is 14.6. The summed E-state index contributed by atoms with van der Waals surface area (Å²) in [6, 6.07) is 5.55. The van der Waals surface area contributed by atoms with Crippen molar-refractivity contribution in [2.75, 3.05) is 25.9 Å². The number of likely N-dealkylation sites (N-methyl/N-ethyl adjacent to an activating group) is 2. The number of benzene rings is 1. The molecule has 1 aliphatic rings. The van der Waals surface area contributed by atoms with Crippen molar-refractivity contribution in [1.82, 2.24) is 25.4 Å². The van der Waals surface area contributed by atoms with Crippen LogP contribution < -0.4 is 16.4 Å². The topological polar surface area (TPSA) is 184 Å². The van der Waals surface area contributed by atoms with E-state index in [4.69, 9.17) is 10.5 Å². The smallest absolute Gasteiger partial charge is 0.306 e. The standard InChI is InChI=1S/C41H64N6O7S/c1-10-26(6)35(45-40(53)41(11-2)19-13-14-20-46(41)9)38(50)47(12-3)33(25(4)5)23-34(54-28(8)48)37-44-32(24-55-37)36(49)43-31(21-27(7)39(51)52)22-29-15-17-30(42)18-16-29/h15-18,24-27,31,33-35H,10-14,19-23,42H2,1-9H3,(H,43,49)(H,45,53)(H,51,52)/t26-,27-,31+,33?,34+,35-,41?/m0/s1. The second-order valence-electron chi connectivity index (χ2n) is 15.5. The predicted octanol–water partition coefficient (Wildman–Crippen LogP) is 5.84. The number of hydrogen-bond donors (Lipinski definition) is 4. The third kappa shape index (κ3) is 12.0. The molecule has 55 heavy (non-hydrogen) atoms. The highest BCUT2D eigenvalue weighted by atomic mass is 32.1. The van der Waals surface area contributed by atoms with Gasteiger partial charge < -0.3 is 31.1 Å². The van der Waals surface area contributed by atoms with Crippen LogP contribution in [-0.2, 0) is 30.3 Å². The lowest BCUT2D eigenvalue weighted by molar-refractivity contribution is -0.150. The number of aromatic nitrogens is 1.